The average molecular weight is 574 g/mol. The first-order valence-electron chi connectivity index (χ1n) is 13.4. The highest BCUT2D eigenvalue weighted by Crippen LogP contribution is 2.49. The Morgan fingerprint density at radius 1 is 1.00 bits per heavy atom. The van der Waals surface area contributed by atoms with Gasteiger partial charge in [-0.25, -0.2) is 0 Å². The summed E-state index contributed by atoms with van der Waals surface area (Å²) in [5, 5.41) is 10.4. The number of nitriles is 1. The number of thioether (sulfide) groups is 1. The van der Waals surface area contributed by atoms with Crippen LogP contribution in [0.4, 0.5) is 18.9 Å². The first kappa shape index (κ1) is 28.6. The van der Waals surface area contributed by atoms with Crippen LogP contribution in [0.3, 0.4) is 0 Å². The quantitative estimate of drug-likeness (QED) is 0.312. The van der Waals surface area contributed by atoms with Gasteiger partial charge in [-0.1, -0.05) is 42.5 Å². The van der Waals surface area contributed by atoms with E-state index in [0.29, 0.717) is 29.9 Å². The highest BCUT2D eigenvalue weighted by molar-refractivity contribution is 7.98. The third kappa shape index (κ3) is 5.27. The van der Waals surface area contributed by atoms with Crippen molar-refractivity contribution >= 4 is 23.2 Å². The van der Waals surface area contributed by atoms with Crippen molar-refractivity contribution in [1.29, 1.82) is 5.26 Å². The summed E-state index contributed by atoms with van der Waals surface area (Å²) >= 11 is 1.71. The van der Waals surface area contributed by atoms with Gasteiger partial charge in [-0.2, -0.15) is 18.4 Å². The molecule has 1 atom stereocenters. The van der Waals surface area contributed by atoms with Crippen molar-refractivity contribution in [3.05, 3.63) is 117 Å². The normalized spacial score (nSPS) is 17.5. The molecule has 0 aromatic heterocycles. The summed E-state index contributed by atoms with van der Waals surface area (Å²) in [4.78, 5) is 16.0. The molecule has 4 nitrogen and oxygen atoms in total. The Bertz CT molecular complexity index is 1650. The topological polar surface area (TPSA) is 70.1 Å². The monoisotopic (exact) mass is 573 g/mol. The summed E-state index contributed by atoms with van der Waals surface area (Å²) in [7, 11) is 0. The van der Waals surface area contributed by atoms with Crippen molar-refractivity contribution in [2.75, 3.05) is 4.90 Å². The second-order valence-electron chi connectivity index (χ2n) is 10.5. The average Bonchev–Trinajstić information content (AvgIpc) is 2.93. The number of hydrogen-bond acceptors (Lipinski definition) is 5. The molecule has 0 saturated carbocycles. The maximum Gasteiger partial charge on any atom is 0.418 e. The van der Waals surface area contributed by atoms with Crippen LogP contribution >= 0.6 is 11.8 Å². The maximum absolute atomic E-state index is 14.1. The Hall–Kier alpha value is -3.96. The number of ketones is 1. The number of benzene rings is 3. The number of Topliss-reactive ketones (excluding diaryl/α,β-unsaturated/α-hetero) is 1. The van der Waals surface area contributed by atoms with E-state index < -0.39 is 17.7 Å². The van der Waals surface area contributed by atoms with Gasteiger partial charge in [-0.15, -0.1) is 11.8 Å². The molecule has 0 bridgehead atoms. The first-order valence-corrected chi connectivity index (χ1v) is 14.4. The molecule has 0 spiro atoms. The molecule has 1 aliphatic carbocycles. The van der Waals surface area contributed by atoms with E-state index in [4.69, 9.17) is 5.73 Å². The summed E-state index contributed by atoms with van der Waals surface area (Å²) in [6.07, 6.45) is -3.50. The van der Waals surface area contributed by atoms with Gasteiger partial charge in [0.15, 0.2) is 5.78 Å². The van der Waals surface area contributed by atoms with E-state index in [1.165, 1.54) is 33.6 Å². The maximum atomic E-state index is 14.1. The Labute approximate surface area is 242 Å². The fourth-order valence-electron chi connectivity index (χ4n) is 5.84. The van der Waals surface area contributed by atoms with Crippen molar-refractivity contribution in [2.24, 2.45) is 5.73 Å². The van der Waals surface area contributed by atoms with Crippen LogP contribution in [0.5, 0.6) is 0 Å². The zero-order chi connectivity index (χ0) is 29.5. The number of aryl methyl sites for hydroxylation is 3. The largest absolute Gasteiger partial charge is 0.418 e. The Kier molecular flexibility index (Phi) is 7.76. The lowest BCUT2D eigenvalue weighted by molar-refractivity contribution is -0.137. The summed E-state index contributed by atoms with van der Waals surface area (Å²) in [5.74, 6) is -0.303. The minimum Gasteiger partial charge on any atom is -0.384 e. The number of hydrogen-bond donors (Lipinski definition) is 1. The minimum atomic E-state index is -4.64. The number of anilines is 1. The lowest BCUT2D eigenvalue weighted by atomic mass is 9.74. The van der Waals surface area contributed by atoms with Crippen molar-refractivity contribution in [3.8, 4) is 6.07 Å². The van der Waals surface area contributed by atoms with Gasteiger partial charge in [-0.05, 0) is 79.6 Å². The molecule has 3 aromatic rings. The van der Waals surface area contributed by atoms with Crippen LogP contribution in [0.15, 0.2) is 88.2 Å². The standard InChI is InChI=1S/C33H30F3N3OS/c1-19-9-4-7-14-29(19)41-18-22-16-23(21(3)15-20(22)2)30-24(17-37)32(38)39(27-12-8-13-28(40)31(27)30)26-11-6-5-10-25(26)33(34,35)36/h4-7,9-11,14-16,30H,8,12-13,18,38H2,1-3H3. The van der Waals surface area contributed by atoms with Crippen molar-refractivity contribution in [3.63, 3.8) is 0 Å². The van der Waals surface area contributed by atoms with Gasteiger partial charge in [0, 0.05) is 28.3 Å². The molecule has 5 rings (SSSR count). The molecular weight excluding hydrogens is 543 g/mol. The van der Waals surface area contributed by atoms with Crippen molar-refractivity contribution < 1.29 is 18.0 Å². The number of rotatable bonds is 5. The molecule has 0 amide bonds. The van der Waals surface area contributed by atoms with E-state index in [2.05, 4.69) is 25.1 Å². The zero-order valence-corrected chi connectivity index (χ0v) is 23.9. The summed E-state index contributed by atoms with van der Waals surface area (Å²) in [6, 6.07) is 19.6. The Morgan fingerprint density at radius 3 is 2.41 bits per heavy atom. The number of carbonyl (C=O) groups is 1. The SMILES string of the molecule is Cc1cc(C)c(C2C(C#N)=C(N)N(c3ccccc3C(F)(F)F)C3=C2C(=O)CCC3)cc1CSc1ccccc1C. The highest BCUT2D eigenvalue weighted by atomic mass is 32.2. The molecule has 2 N–H and O–H groups in total. The van der Waals surface area contributed by atoms with Gasteiger partial charge in [0.2, 0.25) is 0 Å². The van der Waals surface area contributed by atoms with E-state index in [1.807, 2.05) is 38.1 Å². The first-order chi connectivity index (χ1) is 19.5. The van der Waals surface area contributed by atoms with E-state index in [0.717, 1.165) is 28.3 Å². The van der Waals surface area contributed by atoms with Gasteiger partial charge in [0.1, 0.15) is 5.82 Å². The van der Waals surface area contributed by atoms with Gasteiger partial charge in [0.05, 0.1) is 28.8 Å². The van der Waals surface area contributed by atoms with Crippen LogP contribution in [-0.4, -0.2) is 5.78 Å². The molecule has 3 aromatic carbocycles. The predicted molar refractivity (Wildman–Crippen MR) is 156 cm³/mol. The zero-order valence-electron chi connectivity index (χ0n) is 23.1. The third-order valence-electron chi connectivity index (χ3n) is 7.88. The van der Waals surface area contributed by atoms with Gasteiger partial charge in [-0.3, -0.25) is 9.69 Å². The number of para-hydroxylation sites is 1. The number of nitrogens with zero attached hydrogens (tertiary/aromatic N) is 2. The Balaban J connectivity index is 1.67. The fraction of sp³-hybridized carbons (Fsp3) is 0.273. The predicted octanol–water partition coefficient (Wildman–Crippen LogP) is 8.23. The van der Waals surface area contributed by atoms with E-state index in [1.54, 1.807) is 11.8 Å². The lowest BCUT2D eigenvalue weighted by Crippen LogP contribution is -2.39. The van der Waals surface area contributed by atoms with E-state index >= 15 is 0 Å². The summed E-state index contributed by atoms with van der Waals surface area (Å²) in [5.41, 5.74) is 11.4. The van der Waals surface area contributed by atoms with E-state index in [9.17, 15) is 23.2 Å². The number of carbonyl (C=O) groups excluding carboxylic acids is 1. The second kappa shape index (κ2) is 11.1. The van der Waals surface area contributed by atoms with E-state index in [-0.39, 0.29) is 29.3 Å². The van der Waals surface area contributed by atoms with Gasteiger partial charge >= 0.3 is 6.18 Å². The molecule has 41 heavy (non-hydrogen) atoms. The van der Waals surface area contributed by atoms with Crippen LogP contribution < -0.4 is 10.6 Å². The molecule has 2 aliphatic rings. The number of allylic oxidation sites excluding steroid dienone is 3. The highest BCUT2D eigenvalue weighted by Gasteiger charge is 2.43. The van der Waals surface area contributed by atoms with Gasteiger partial charge < -0.3 is 5.73 Å². The molecule has 1 heterocycles. The fourth-order valence-corrected chi connectivity index (χ4v) is 6.93. The van der Waals surface area contributed by atoms with Crippen molar-refractivity contribution in [1.82, 2.24) is 0 Å². The lowest BCUT2D eigenvalue weighted by Gasteiger charge is -2.40. The Morgan fingerprint density at radius 2 is 1.71 bits per heavy atom. The second-order valence-corrected chi connectivity index (χ2v) is 11.5. The van der Waals surface area contributed by atoms with Crippen LogP contribution in [0, 0.1) is 32.1 Å². The number of alkyl halides is 3. The van der Waals surface area contributed by atoms with Crippen LogP contribution in [-0.2, 0) is 16.7 Å². The van der Waals surface area contributed by atoms with Crippen LogP contribution in [0.1, 0.15) is 58.6 Å². The number of halogens is 3. The van der Waals surface area contributed by atoms with Crippen molar-refractivity contribution in [2.45, 2.75) is 62.8 Å². The summed E-state index contributed by atoms with van der Waals surface area (Å²) in [6.45, 7) is 6.04. The van der Waals surface area contributed by atoms with Crippen LogP contribution in [0.2, 0.25) is 0 Å². The molecule has 0 fully saturated rings. The molecule has 1 aliphatic heterocycles. The van der Waals surface area contributed by atoms with Crippen LogP contribution in [0.25, 0.3) is 0 Å². The smallest absolute Gasteiger partial charge is 0.384 e. The molecule has 0 saturated heterocycles. The summed E-state index contributed by atoms with van der Waals surface area (Å²) < 4.78 is 42.2. The molecule has 1 unspecified atom stereocenters. The third-order valence-corrected chi connectivity index (χ3v) is 9.10. The molecule has 210 valence electrons. The molecule has 0 radical (unpaired) electrons. The van der Waals surface area contributed by atoms with Gasteiger partial charge in [0.25, 0.3) is 0 Å². The molecule has 8 heteroatoms. The number of nitrogens with two attached hydrogens (primary N) is 1. The minimum absolute atomic E-state index is 0.0709. The molecular formula is C33H30F3N3OS.